The number of H-pyrrole nitrogens is 1. The molecule has 0 spiro atoms. The topological polar surface area (TPSA) is 69.3 Å². The van der Waals surface area contributed by atoms with Gasteiger partial charge in [-0.15, -0.1) is 0 Å². The van der Waals surface area contributed by atoms with Crippen LogP contribution < -0.4 is 15.1 Å². The van der Waals surface area contributed by atoms with E-state index in [9.17, 15) is 13.2 Å². The van der Waals surface area contributed by atoms with E-state index in [-0.39, 0.29) is 6.04 Å². The summed E-state index contributed by atoms with van der Waals surface area (Å²) in [6.45, 7) is 1.21. The molecule has 2 N–H and O–H groups in total. The van der Waals surface area contributed by atoms with Crippen molar-refractivity contribution >= 4 is 11.5 Å². The second kappa shape index (κ2) is 7.10. The van der Waals surface area contributed by atoms with Crippen LogP contribution in [0.15, 0.2) is 36.9 Å². The molecule has 1 saturated heterocycles. The molecule has 2 aliphatic heterocycles. The predicted octanol–water partition coefficient (Wildman–Crippen LogP) is 3.38. The van der Waals surface area contributed by atoms with Gasteiger partial charge < -0.3 is 10.1 Å². The Morgan fingerprint density at radius 2 is 2.11 bits per heavy atom. The van der Waals surface area contributed by atoms with Gasteiger partial charge in [0, 0.05) is 18.9 Å². The number of hydrogen-bond donors (Lipinski definition) is 2. The van der Waals surface area contributed by atoms with E-state index in [1.165, 1.54) is 6.07 Å². The number of ether oxygens (including phenoxy) is 1. The van der Waals surface area contributed by atoms with E-state index in [0.29, 0.717) is 12.4 Å². The van der Waals surface area contributed by atoms with Crippen molar-refractivity contribution in [2.45, 2.75) is 31.5 Å². The molecule has 4 heterocycles. The van der Waals surface area contributed by atoms with Crippen LogP contribution in [0.5, 0.6) is 5.75 Å². The number of pyridine rings is 1. The molecule has 27 heavy (non-hydrogen) atoms. The van der Waals surface area contributed by atoms with Gasteiger partial charge in [0.15, 0.2) is 5.82 Å². The predicted molar refractivity (Wildman–Crippen MR) is 92.9 cm³/mol. The maximum absolute atomic E-state index is 12.6. The number of nitrogens with zero attached hydrogens (tertiary/aromatic N) is 4. The first-order chi connectivity index (χ1) is 13.0. The SMILES string of the molecule is FC(F)(F)c1ccc(OCC2CCCCN2N2C=CNc3[nH]ncc32)cn1. The Morgan fingerprint density at radius 3 is 2.89 bits per heavy atom. The van der Waals surface area contributed by atoms with Crippen molar-refractivity contribution < 1.29 is 17.9 Å². The molecule has 1 unspecified atom stereocenters. The number of aromatic amines is 1. The van der Waals surface area contributed by atoms with Crippen LogP contribution in [-0.2, 0) is 6.18 Å². The van der Waals surface area contributed by atoms with Gasteiger partial charge in [0.2, 0.25) is 0 Å². The van der Waals surface area contributed by atoms with E-state index >= 15 is 0 Å². The number of halogens is 3. The molecule has 7 nitrogen and oxygen atoms in total. The Labute approximate surface area is 153 Å². The van der Waals surface area contributed by atoms with Gasteiger partial charge in [-0.2, -0.15) is 18.3 Å². The average Bonchev–Trinajstić information content (AvgIpc) is 3.15. The molecule has 0 saturated carbocycles. The lowest BCUT2D eigenvalue weighted by atomic mass is 10.0. The second-order valence-electron chi connectivity index (χ2n) is 6.44. The number of hydrogen-bond acceptors (Lipinski definition) is 6. The minimum Gasteiger partial charge on any atom is -0.490 e. The lowest BCUT2D eigenvalue weighted by Gasteiger charge is -2.42. The summed E-state index contributed by atoms with van der Waals surface area (Å²) in [7, 11) is 0. The zero-order valence-electron chi connectivity index (χ0n) is 14.4. The van der Waals surface area contributed by atoms with E-state index in [1.807, 2.05) is 17.4 Å². The molecule has 2 aromatic rings. The molecule has 0 aliphatic carbocycles. The fourth-order valence-corrected chi connectivity index (χ4v) is 3.32. The number of anilines is 2. The third-order valence-electron chi connectivity index (χ3n) is 4.65. The van der Waals surface area contributed by atoms with E-state index in [2.05, 4.69) is 25.5 Å². The highest BCUT2D eigenvalue weighted by Crippen LogP contribution is 2.32. The molecule has 0 aromatic carbocycles. The zero-order valence-corrected chi connectivity index (χ0v) is 14.4. The first kappa shape index (κ1) is 17.7. The van der Waals surface area contributed by atoms with Crippen molar-refractivity contribution in [1.82, 2.24) is 20.2 Å². The van der Waals surface area contributed by atoms with Crippen LogP contribution >= 0.6 is 0 Å². The summed E-state index contributed by atoms with van der Waals surface area (Å²) in [5.41, 5.74) is -0.00631. The van der Waals surface area contributed by atoms with E-state index in [0.717, 1.165) is 49.6 Å². The standard InChI is InChI=1S/C17H19F3N6O/c18-17(19,20)15-5-4-13(9-22-15)27-11-12-3-1-2-7-25(12)26-8-6-21-16-14(26)10-23-24-16/h4-6,8-10,12H,1-3,7,11H2,(H2,21,23,24). The van der Waals surface area contributed by atoms with Crippen molar-refractivity contribution in [2.75, 3.05) is 23.5 Å². The molecule has 10 heteroatoms. The quantitative estimate of drug-likeness (QED) is 0.848. The Hall–Kier alpha value is -2.75. The van der Waals surface area contributed by atoms with Gasteiger partial charge in [-0.3, -0.25) is 10.1 Å². The molecule has 1 atom stereocenters. The third-order valence-corrected chi connectivity index (χ3v) is 4.65. The highest BCUT2D eigenvalue weighted by Gasteiger charge is 2.33. The number of piperidine rings is 1. The van der Waals surface area contributed by atoms with Crippen LogP contribution in [0.25, 0.3) is 0 Å². The summed E-state index contributed by atoms with van der Waals surface area (Å²) in [4.78, 5) is 3.44. The van der Waals surface area contributed by atoms with Gasteiger partial charge >= 0.3 is 6.18 Å². The second-order valence-corrected chi connectivity index (χ2v) is 6.44. The highest BCUT2D eigenvalue weighted by atomic mass is 19.4. The van der Waals surface area contributed by atoms with Crippen LogP contribution in [0.1, 0.15) is 25.0 Å². The van der Waals surface area contributed by atoms with Crippen molar-refractivity contribution in [3.8, 4) is 5.75 Å². The maximum atomic E-state index is 12.6. The van der Waals surface area contributed by atoms with Crippen molar-refractivity contribution in [3.05, 3.63) is 42.6 Å². The molecule has 2 aliphatic rings. The number of hydrazine groups is 1. The first-order valence-electron chi connectivity index (χ1n) is 8.71. The number of rotatable bonds is 4. The molecular weight excluding hydrogens is 361 g/mol. The molecule has 4 rings (SSSR count). The molecule has 0 radical (unpaired) electrons. The normalized spacial score (nSPS) is 20.3. The summed E-state index contributed by atoms with van der Waals surface area (Å²) < 4.78 is 43.6. The summed E-state index contributed by atoms with van der Waals surface area (Å²) in [5, 5.41) is 14.3. The molecule has 2 aromatic heterocycles. The third kappa shape index (κ3) is 3.70. The molecule has 144 valence electrons. The minimum atomic E-state index is -4.45. The Bertz CT molecular complexity index is 804. The van der Waals surface area contributed by atoms with Crippen molar-refractivity contribution in [1.29, 1.82) is 0 Å². The van der Waals surface area contributed by atoms with Crippen LogP contribution in [0.3, 0.4) is 0 Å². The monoisotopic (exact) mass is 380 g/mol. The van der Waals surface area contributed by atoms with Gasteiger partial charge in [-0.25, -0.2) is 9.99 Å². The Balaban J connectivity index is 1.44. The lowest BCUT2D eigenvalue weighted by Crippen LogP contribution is -2.52. The minimum absolute atomic E-state index is 0.0894. The van der Waals surface area contributed by atoms with E-state index in [4.69, 9.17) is 4.74 Å². The highest BCUT2D eigenvalue weighted by molar-refractivity contribution is 5.69. The largest absolute Gasteiger partial charge is 0.490 e. The molecule has 0 amide bonds. The number of alkyl halides is 3. The summed E-state index contributed by atoms with van der Waals surface area (Å²) in [6.07, 6.45) is 5.23. The van der Waals surface area contributed by atoms with E-state index < -0.39 is 11.9 Å². The zero-order chi connectivity index (χ0) is 18.9. The van der Waals surface area contributed by atoms with Gasteiger partial charge in [0.1, 0.15) is 23.7 Å². The van der Waals surface area contributed by atoms with Crippen molar-refractivity contribution in [3.63, 3.8) is 0 Å². The fourth-order valence-electron chi connectivity index (χ4n) is 3.32. The average molecular weight is 380 g/mol. The van der Waals surface area contributed by atoms with E-state index in [1.54, 1.807) is 6.20 Å². The summed E-state index contributed by atoms with van der Waals surface area (Å²) >= 11 is 0. The lowest BCUT2D eigenvalue weighted by molar-refractivity contribution is -0.141. The molecular formula is C17H19F3N6O. The molecule has 1 fully saturated rings. The van der Waals surface area contributed by atoms with Crippen LogP contribution in [0.4, 0.5) is 24.7 Å². The van der Waals surface area contributed by atoms with Gasteiger partial charge in [-0.05, 0) is 25.0 Å². The molecule has 0 bridgehead atoms. The smallest absolute Gasteiger partial charge is 0.433 e. The number of nitrogens with one attached hydrogen (secondary N) is 2. The van der Waals surface area contributed by atoms with Crippen molar-refractivity contribution in [2.24, 2.45) is 0 Å². The maximum Gasteiger partial charge on any atom is 0.433 e. The van der Waals surface area contributed by atoms with Crippen LogP contribution in [-0.4, -0.2) is 39.4 Å². The number of aromatic nitrogens is 3. The van der Waals surface area contributed by atoms with Gasteiger partial charge in [0.05, 0.1) is 18.4 Å². The van der Waals surface area contributed by atoms with Gasteiger partial charge in [0.25, 0.3) is 0 Å². The summed E-state index contributed by atoms with van der Waals surface area (Å²) in [6, 6.07) is 2.33. The number of fused-ring (bicyclic) bond motifs is 1. The van der Waals surface area contributed by atoms with Crippen LogP contribution in [0, 0.1) is 0 Å². The Morgan fingerprint density at radius 1 is 1.22 bits per heavy atom. The van der Waals surface area contributed by atoms with Gasteiger partial charge in [-0.1, -0.05) is 6.42 Å². The summed E-state index contributed by atoms with van der Waals surface area (Å²) in [5.74, 6) is 1.14. The first-order valence-corrected chi connectivity index (χ1v) is 8.71. The van der Waals surface area contributed by atoms with Crippen LogP contribution in [0.2, 0.25) is 0 Å². The fraction of sp³-hybridized carbons (Fsp3) is 0.412. The Kier molecular flexibility index (Phi) is 4.65.